The smallest absolute Gasteiger partial charge is 0.148 e. The van der Waals surface area contributed by atoms with E-state index in [0.29, 0.717) is 22.6 Å². The summed E-state index contributed by atoms with van der Waals surface area (Å²) >= 11 is 12.2. The molecule has 2 rings (SSSR count). The molecule has 0 spiro atoms. The molecule has 0 amide bonds. The third kappa shape index (κ3) is 3.02. The van der Waals surface area contributed by atoms with Crippen LogP contribution in [0.5, 0.6) is 0 Å². The molecular weight excluding hydrogens is 257 g/mol. The number of rotatable bonds is 3. The quantitative estimate of drug-likeness (QED) is 0.853. The van der Waals surface area contributed by atoms with E-state index >= 15 is 0 Å². The minimum atomic E-state index is -0.0722. The summed E-state index contributed by atoms with van der Waals surface area (Å²) in [5.74, 6) is 1.96. The molecule has 1 aromatic rings. The van der Waals surface area contributed by atoms with E-state index in [1.54, 1.807) is 6.20 Å². The van der Waals surface area contributed by atoms with Crippen LogP contribution in [-0.2, 0) is 0 Å². The van der Waals surface area contributed by atoms with Crippen molar-refractivity contribution in [2.45, 2.75) is 38.1 Å². The first-order chi connectivity index (χ1) is 8.15. The van der Waals surface area contributed by atoms with Crippen LogP contribution in [0.25, 0.3) is 0 Å². The van der Waals surface area contributed by atoms with Gasteiger partial charge in [-0.3, -0.25) is 0 Å². The van der Waals surface area contributed by atoms with Gasteiger partial charge in [0.25, 0.3) is 0 Å². The molecule has 1 aromatic heterocycles. The summed E-state index contributed by atoms with van der Waals surface area (Å²) in [6, 6.07) is 0. The highest BCUT2D eigenvalue weighted by atomic mass is 35.5. The zero-order chi connectivity index (χ0) is 12.3. The highest BCUT2D eigenvalue weighted by molar-refractivity contribution is 6.32. The normalized spacial score (nSPS) is 29.0. The molecule has 1 saturated carbocycles. The zero-order valence-corrected chi connectivity index (χ0v) is 11.4. The molecule has 1 heterocycles. The zero-order valence-electron chi connectivity index (χ0n) is 9.92. The Bertz CT molecular complexity index is 386. The third-order valence-electron chi connectivity index (χ3n) is 3.40. The highest BCUT2D eigenvalue weighted by Gasteiger charge is 2.34. The Labute approximate surface area is 112 Å². The number of halogens is 2. The van der Waals surface area contributed by atoms with E-state index in [4.69, 9.17) is 23.2 Å². The summed E-state index contributed by atoms with van der Waals surface area (Å²) in [5, 5.41) is 3.98. The van der Waals surface area contributed by atoms with Crippen molar-refractivity contribution in [3.63, 3.8) is 0 Å². The molecule has 1 aliphatic rings. The van der Waals surface area contributed by atoms with Gasteiger partial charge in [0, 0.05) is 5.88 Å². The van der Waals surface area contributed by atoms with E-state index < -0.39 is 0 Å². The third-order valence-corrected chi connectivity index (χ3v) is 4.19. The molecule has 0 aromatic carbocycles. The number of anilines is 1. The number of alkyl halides is 1. The average molecular weight is 274 g/mol. The molecule has 3 nitrogen and oxygen atoms in total. The largest absolute Gasteiger partial charge is 0.362 e. The molecule has 5 heteroatoms. The minimum Gasteiger partial charge on any atom is -0.362 e. The predicted molar refractivity (Wildman–Crippen MR) is 71.7 cm³/mol. The maximum absolute atomic E-state index is 6.16. The van der Waals surface area contributed by atoms with Crippen molar-refractivity contribution in [3.05, 3.63) is 17.5 Å². The van der Waals surface area contributed by atoms with Crippen LogP contribution in [0.3, 0.4) is 0 Å². The lowest BCUT2D eigenvalue weighted by Crippen LogP contribution is -2.44. The topological polar surface area (TPSA) is 37.8 Å². The first kappa shape index (κ1) is 12.9. The van der Waals surface area contributed by atoms with Gasteiger partial charge in [-0.15, -0.1) is 11.6 Å². The van der Waals surface area contributed by atoms with Crippen LogP contribution in [0.4, 0.5) is 5.82 Å². The predicted octanol–water partition coefficient (Wildman–Crippen LogP) is 3.73. The first-order valence-corrected chi connectivity index (χ1v) is 6.86. The summed E-state index contributed by atoms with van der Waals surface area (Å²) in [7, 11) is 0. The van der Waals surface area contributed by atoms with Gasteiger partial charge in [-0.2, -0.15) is 0 Å². The van der Waals surface area contributed by atoms with E-state index in [-0.39, 0.29) is 5.54 Å². The maximum Gasteiger partial charge on any atom is 0.148 e. The fourth-order valence-corrected chi connectivity index (χ4v) is 3.05. The number of hydrogen-bond donors (Lipinski definition) is 1. The second-order valence-corrected chi connectivity index (χ2v) is 5.63. The number of hydrogen-bond acceptors (Lipinski definition) is 3. The molecule has 1 fully saturated rings. The van der Waals surface area contributed by atoms with Crippen LogP contribution in [0.15, 0.2) is 12.5 Å². The van der Waals surface area contributed by atoms with Crippen molar-refractivity contribution in [1.82, 2.24) is 9.97 Å². The first-order valence-electron chi connectivity index (χ1n) is 5.95. The Kier molecular flexibility index (Phi) is 4.10. The highest BCUT2D eigenvalue weighted by Crippen LogP contribution is 2.36. The van der Waals surface area contributed by atoms with Gasteiger partial charge in [0.2, 0.25) is 0 Å². The van der Waals surface area contributed by atoms with Crippen LogP contribution in [-0.4, -0.2) is 21.4 Å². The Morgan fingerprint density at radius 1 is 1.59 bits per heavy atom. The molecule has 2 atom stereocenters. The summed E-state index contributed by atoms with van der Waals surface area (Å²) in [6.45, 7) is 2.27. The Morgan fingerprint density at radius 3 is 3.06 bits per heavy atom. The average Bonchev–Trinajstić information content (AvgIpc) is 2.32. The van der Waals surface area contributed by atoms with Crippen molar-refractivity contribution in [3.8, 4) is 0 Å². The fraction of sp³-hybridized carbons (Fsp3) is 0.667. The molecule has 0 radical (unpaired) electrons. The van der Waals surface area contributed by atoms with E-state index in [1.807, 2.05) is 0 Å². The summed E-state index contributed by atoms with van der Waals surface area (Å²) in [6.07, 6.45) is 7.72. The number of aromatic nitrogens is 2. The molecule has 0 bridgehead atoms. The van der Waals surface area contributed by atoms with Crippen molar-refractivity contribution in [2.75, 3.05) is 11.2 Å². The number of nitrogens with zero attached hydrogens (tertiary/aromatic N) is 2. The molecule has 1 N–H and O–H groups in total. The van der Waals surface area contributed by atoms with E-state index in [2.05, 4.69) is 22.2 Å². The molecular formula is C12H17Cl2N3. The summed E-state index contributed by atoms with van der Waals surface area (Å²) in [4.78, 5) is 8.06. The van der Waals surface area contributed by atoms with Gasteiger partial charge in [0.15, 0.2) is 0 Å². The second kappa shape index (κ2) is 5.40. The van der Waals surface area contributed by atoms with Gasteiger partial charge in [0.1, 0.15) is 17.2 Å². The molecule has 0 saturated heterocycles. The maximum atomic E-state index is 6.16. The molecule has 17 heavy (non-hydrogen) atoms. The molecule has 1 aliphatic carbocycles. The minimum absolute atomic E-state index is 0.0722. The lowest BCUT2D eigenvalue weighted by atomic mass is 9.77. The van der Waals surface area contributed by atoms with Crippen LogP contribution in [0.1, 0.15) is 32.6 Å². The Balaban J connectivity index is 2.17. The van der Waals surface area contributed by atoms with Crippen LogP contribution in [0.2, 0.25) is 5.02 Å². The standard InChI is InChI=1S/C12H17Cl2N3/c1-9-3-2-4-12(5-9,7-13)17-11-10(14)6-15-8-16-11/h6,8-9H,2-5,7H2,1H3,(H,15,16,17). The van der Waals surface area contributed by atoms with Crippen molar-refractivity contribution < 1.29 is 0 Å². The van der Waals surface area contributed by atoms with E-state index in [1.165, 1.54) is 19.2 Å². The van der Waals surface area contributed by atoms with Crippen LogP contribution >= 0.6 is 23.2 Å². The summed E-state index contributed by atoms with van der Waals surface area (Å²) in [5.41, 5.74) is -0.0722. The van der Waals surface area contributed by atoms with Gasteiger partial charge >= 0.3 is 0 Å². The second-order valence-electron chi connectivity index (χ2n) is 4.96. The Morgan fingerprint density at radius 2 is 2.41 bits per heavy atom. The monoisotopic (exact) mass is 273 g/mol. The van der Waals surface area contributed by atoms with Crippen LogP contribution < -0.4 is 5.32 Å². The lowest BCUT2D eigenvalue weighted by molar-refractivity contribution is 0.279. The van der Waals surface area contributed by atoms with Crippen molar-refractivity contribution >= 4 is 29.0 Å². The van der Waals surface area contributed by atoms with Gasteiger partial charge in [-0.05, 0) is 18.8 Å². The molecule has 94 valence electrons. The molecule has 0 aliphatic heterocycles. The van der Waals surface area contributed by atoms with E-state index in [9.17, 15) is 0 Å². The van der Waals surface area contributed by atoms with E-state index in [0.717, 1.165) is 12.8 Å². The summed E-state index contributed by atoms with van der Waals surface area (Å²) < 4.78 is 0. The Hall–Kier alpha value is -0.540. The van der Waals surface area contributed by atoms with Crippen LogP contribution in [0, 0.1) is 5.92 Å². The van der Waals surface area contributed by atoms with Gasteiger partial charge in [0.05, 0.1) is 11.7 Å². The van der Waals surface area contributed by atoms with Crippen molar-refractivity contribution in [2.24, 2.45) is 5.92 Å². The van der Waals surface area contributed by atoms with Gasteiger partial charge in [-0.25, -0.2) is 9.97 Å². The number of nitrogens with one attached hydrogen (secondary N) is 1. The fourth-order valence-electron chi connectivity index (χ4n) is 2.58. The van der Waals surface area contributed by atoms with Gasteiger partial charge in [-0.1, -0.05) is 31.4 Å². The molecule has 2 unspecified atom stereocenters. The SMILES string of the molecule is CC1CCCC(CCl)(Nc2ncncc2Cl)C1. The van der Waals surface area contributed by atoms with Crippen molar-refractivity contribution in [1.29, 1.82) is 0 Å². The van der Waals surface area contributed by atoms with Gasteiger partial charge < -0.3 is 5.32 Å². The lowest BCUT2D eigenvalue weighted by Gasteiger charge is -2.39.